The van der Waals surface area contributed by atoms with Crippen LogP contribution in [0.2, 0.25) is 0 Å². The molecule has 0 amide bonds. The fourth-order valence-electron chi connectivity index (χ4n) is 0.372. The fourth-order valence-corrected chi connectivity index (χ4v) is 0.372. The van der Waals surface area contributed by atoms with Crippen LogP contribution in [-0.2, 0) is 0 Å². The third-order valence-electron chi connectivity index (χ3n) is 1.45. The van der Waals surface area contributed by atoms with E-state index in [-0.39, 0.29) is 5.54 Å². The molecule has 8 heavy (non-hydrogen) atoms. The van der Waals surface area contributed by atoms with Gasteiger partial charge in [-0.05, 0) is 27.7 Å². The van der Waals surface area contributed by atoms with Gasteiger partial charge >= 0.3 is 0 Å². The van der Waals surface area contributed by atoms with Crippen molar-refractivity contribution < 1.29 is 0 Å². The molecule has 0 atom stereocenters. The highest BCUT2D eigenvalue weighted by Crippen LogP contribution is 2.09. The number of allylic oxidation sites excluding steroid dienone is 1. The second kappa shape index (κ2) is 2.31. The van der Waals surface area contributed by atoms with E-state index in [2.05, 4.69) is 0 Å². The predicted octanol–water partition coefficient (Wildman–Crippen LogP) is 1.69. The minimum Gasteiger partial charge on any atom is -0.322 e. The van der Waals surface area contributed by atoms with Gasteiger partial charge in [-0.25, -0.2) is 0 Å². The van der Waals surface area contributed by atoms with E-state index in [1.54, 1.807) is 0 Å². The Morgan fingerprint density at radius 2 is 1.88 bits per heavy atom. The smallest absolute Gasteiger partial charge is 0.0308 e. The van der Waals surface area contributed by atoms with Gasteiger partial charge in [0, 0.05) is 5.54 Å². The highest BCUT2D eigenvalue weighted by molar-refractivity contribution is 5.11. The van der Waals surface area contributed by atoms with E-state index >= 15 is 0 Å². The van der Waals surface area contributed by atoms with Gasteiger partial charge in [-0.15, -0.1) is 0 Å². The lowest BCUT2D eigenvalue weighted by atomic mass is 9.97. The number of rotatable bonds is 1. The molecule has 0 aromatic rings. The normalized spacial score (nSPS) is 14.4. The van der Waals surface area contributed by atoms with E-state index in [0.29, 0.717) is 0 Å². The molecule has 0 aromatic carbocycles. The summed E-state index contributed by atoms with van der Waals surface area (Å²) < 4.78 is 0. The summed E-state index contributed by atoms with van der Waals surface area (Å²) in [5.74, 6) is 0. The Hall–Kier alpha value is -0.300. The quantitative estimate of drug-likeness (QED) is 0.514. The van der Waals surface area contributed by atoms with Gasteiger partial charge < -0.3 is 5.73 Å². The second-order valence-electron chi connectivity index (χ2n) is 2.69. The van der Waals surface area contributed by atoms with E-state index in [4.69, 9.17) is 5.73 Å². The summed E-state index contributed by atoms with van der Waals surface area (Å²) in [5, 5.41) is 0. The Balaban J connectivity index is 4.03. The van der Waals surface area contributed by atoms with Crippen molar-refractivity contribution in [1.29, 1.82) is 0 Å². The lowest BCUT2D eigenvalue weighted by Crippen LogP contribution is -2.32. The molecule has 0 aliphatic rings. The molecule has 0 fully saturated rings. The monoisotopic (exact) mass is 113 g/mol. The third kappa shape index (κ3) is 2.12. The van der Waals surface area contributed by atoms with Gasteiger partial charge in [0.2, 0.25) is 0 Å². The molecule has 0 radical (unpaired) electrons. The summed E-state index contributed by atoms with van der Waals surface area (Å²) in [6, 6.07) is 0. The van der Waals surface area contributed by atoms with Gasteiger partial charge in [0.15, 0.2) is 0 Å². The van der Waals surface area contributed by atoms with Crippen molar-refractivity contribution in [1.82, 2.24) is 0 Å². The lowest BCUT2D eigenvalue weighted by molar-refractivity contribution is 0.610. The summed E-state index contributed by atoms with van der Waals surface area (Å²) in [4.78, 5) is 0. The van der Waals surface area contributed by atoms with Crippen LogP contribution in [0.15, 0.2) is 11.6 Å². The fraction of sp³-hybridized carbons (Fsp3) is 0.714. The first-order chi connectivity index (χ1) is 3.48. The number of hydrogen-bond donors (Lipinski definition) is 1. The molecule has 0 saturated heterocycles. The summed E-state index contributed by atoms with van der Waals surface area (Å²) >= 11 is 0. The van der Waals surface area contributed by atoms with Crippen molar-refractivity contribution in [2.24, 2.45) is 5.73 Å². The van der Waals surface area contributed by atoms with Crippen LogP contribution in [0, 0.1) is 0 Å². The van der Waals surface area contributed by atoms with Crippen molar-refractivity contribution in [3.8, 4) is 0 Å². The number of hydrogen-bond acceptors (Lipinski definition) is 1. The molecule has 1 nitrogen and oxygen atoms in total. The van der Waals surface area contributed by atoms with E-state index in [1.165, 1.54) is 5.57 Å². The van der Waals surface area contributed by atoms with E-state index < -0.39 is 0 Å². The predicted molar refractivity (Wildman–Crippen MR) is 37.7 cm³/mol. The number of nitrogens with two attached hydrogens (primary N) is 1. The van der Waals surface area contributed by atoms with Crippen LogP contribution in [-0.4, -0.2) is 5.54 Å². The van der Waals surface area contributed by atoms with E-state index in [1.807, 2.05) is 33.8 Å². The van der Waals surface area contributed by atoms with Crippen LogP contribution in [0.5, 0.6) is 0 Å². The molecule has 1 heteroatoms. The van der Waals surface area contributed by atoms with Crippen molar-refractivity contribution in [3.05, 3.63) is 11.6 Å². The van der Waals surface area contributed by atoms with Crippen LogP contribution < -0.4 is 5.73 Å². The second-order valence-corrected chi connectivity index (χ2v) is 2.69. The van der Waals surface area contributed by atoms with Gasteiger partial charge in [-0.3, -0.25) is 0 Å². The summed E-state index contributed by atoms with van der Waals surface area (Å²) in [6.07, 6.45) is 2.04. The minimum atomic E-state index is -0.130. The van der Waals surface area contributed by atoms with Gasteiger partial charge in [-0.1, -0.05) is 11.6 Å². The van der Waals surface area contributed by atoms with Gasteiger partial charge in [0.25, 0.3) is 0 Å². The molecule has 0 heterocycles. The molecule has 0 aliphatic carbocycles. The molecule has 0 bridgehead atoms. The Kier molecular flexibility index (Phi) is 2.23. The van der Waals surface area contributed by atoms with Crippen molar-refractivity contribution in [2.75, 3.05) is 0 Å². The Labute approximate surface area is 51.6 Å². The topological polar surface area (TPSA) is 26.0 Å². The summed E-state index contributed by atoms with van der Waals surface area (Å²) in [7, 11) is 0. The maximum Gasteiger partial charge on any atom is 0.0308 e. The largest absolute Gasteiger partial charge is 0.322 e. The van der Waals surface area contributed by atoms with Crippen LogP contribution in [0.4, 0.5) is 0 Å². The molecule has 0 spiro atoms. The minimum absolute atomic E-state index is 0.130. The van der Waals surface area contributed by atoms with Crippen LogP contribution >= 0.6 is 0 Å². The van der Waals surface area contributed by atoms with Crippen molar-refractivity contribution >= 4 is 0 Å². The third-order valence-corrected chi connectivity index (χ3v) is 1.45. The van der Waals surface area contributed by atoms with Crippen LogP contribution in [0.1, 0.15) is 27.7 Å². The van der Waals surface area contributed by atoms with Gasteiger partial charge in [0.1, 0.15) is 0 Å². The molecule has 0 saturated carbocycles. The summed E-state index contributed by atoms with van der Waals surface area (Å²) in [5.41, 5.74) is 6.82. The van der Waals surface area contributed by atoms with E-state index in [9.17, 15) is 0 Å². The van der Waals surface area contributed by atoms with Crippen LogP contribution in [0.3, 0.4) is 0 Å². The molecule has 0 rings (SSSR count). The van der Waals surface area contributed by atoms with Crippen LogP contribution in [0.25, 0.3) is 0 Å². The average Bonchev–Trinajstić information content (AvgIpc) is 1.62. The van der Waals surface area contributed by atoms with Gasteiger partial charge in [0.05, 0.1) is 0 Å². The zero-order valence-corrected chi connectivity index (χ0v) is 6.15. The Bertz CT molecular complexity index is 95.4. The average molecular weight is 113 g/mol. The first-order valence-electron chi connectivity index (χ1n) is 2.90. The standard InChI is InChI=1S/C7H15N/c1-5-6(2)7(3,4)8/h5H,8H2,1-4H3/b6-5-. The maximum absolute atomic E-state index is 5.72. The lowest BCUT2D eigenvalue weighted by Gasteiger charge is -2.18. The highest BCUT2D eigenvalue weighted by atomic mass is 14.7. The molecule has 2 N–H and O–H groups in total. The molecule has 48 valence electrons. The van der Waals surface area contributed by atoms with Crippen molar-refractivity contribution in [3.63, 3.8) is 0 Å². The molecule has 0 aliphatic heterocycles. The first kappa shape index (κ1) is 7.70. The summed E-state index contributed by atoms with van der Waals surface area (Å²) in [6.45, 7) is 8.05. The van der Waals surface area contributed by atoms with E-state index in [0.717, 1.165) is 0 Å². The SMILES string of the molecule is C/C=C(/C)C(C)(C)N. The molecule has 0 unspecified atom stereocenters. The zero-order chi connectivity index (χ0) is 6.78. The van der Waals surface area contributed by atoms with Gasteiger partial charge in [-0.2, -0.15) is 0 Å². The maximum atomic E-state index is 5.72. The van der Waals surface area contributed by atoms with Crippen molar-refractivity contribution in [2.45, 2.75) is 33.2 Å². The zero-order valence-electron chi connectivity index (χ0n) is 6.15. The highest BCUT2D eigenvalue weighted by Gasteiger charge is 2.10. The first-order valence-corrected chi connectivity index (χ1v) is 2.90. The Morgan fingerprint density at radius 1 is 1.50 bits per heavy atom. The molecular weight excluding hydrogens is 98.1 g/mol. The Morgan fingerprint density at radius 3 is 1.88 bits per heavy atom. The molecule has 0 aromatic heterocycles. The molecular formula is C7H15N.